The molecule has 2 atom stereocenters. The fourth-order valence-corrected chi connectivity index (χ4v) is 2.83. The summed E-state index contributed by atoms with van der Waals surface area (Å²) >= 11 is 0. The Kier molecular flexibility index (Phi) is 6.42. The first-order valence-electron chi connectivity index (χ1n) is 8.41. The van der Waals surface area contributed by atoms with Crippen LogP contribution in [0.5, 0.6) is 0 Å². The van der Waals surface area contributed by atoms with Gasteiger partial charge in [0.05, 0.1) is 31.9 Å². The number of carbonyl (C=O) groups is 1. The minimum atomic E-state index is -0.282. The minimum absolute atomic E-state index is 0.0242. The number of rotatable bonds is 5. The molecule has 1 aromatic carbocycles. The highest BCUT2D eigenvalue weighted by Crippen LogP contribution is 2.23. The number of benzene rings is 1. The quantitative estimate of drug-likeness (QED) is 0.875. The van der Waals surface area contributed by atoms with E-state index >= 15 is 0 Å². The molecule has 5 nitrogen and oxygen atoms in total. The predicted molar refractivity (Wildman–Crippen MR) is 90.3 cm³/mol. The predicted octanol–water partition coefficient (Wildman–Crippen LogP) is 2.35. The van der Waals surface area contributed by atoms with Gasteiger partial charge in [0.25, 0.3) is 0 Å². The number of aliphatic hydroxyl groups is 1. The average molecular weight is 320 g/mol. The summed E-state index contributed by atoms with van der Waals surface area (Å²) in [5.74, 6) is 0.293. The molecule has 2 amide bonds. The SMILES string of the molecule is CCc1ccc([C@H](NC(=O)N2CCO[C@H](CO)C2)C(C)C)cc1. The Hall–Kier alpha value is -1.59. The van der Waals surface area contributed by atoms with E-state index in [1.807, 2.05) is 0 Å². The highest BCUT2D eigenvalue weighted by atomic mass is 16.5. The van der Waals surface area contributed by atoms with Crippen LogP contribution in [-0.2, 0) is 11.2 Å². The van der Waals surface area contributed by atoms with Crippen LogP contribution in [-0.4, -0.2) is 48.4 Å². The molecule has 0 unspecified atom stereocenters. The molecule has 0 bridgehead atoms. The topological polar surface area (TPSA) is 61.8 Å². The van der Waals surface area contributed by atoms with Crippen LogP contribution in [0.2, 0.25) is 0 Å². The number of nitrogens with one attached hydrogen (secondary N) is 1. The first-order chi connectivity index (χ1) is 11.0. The molecule has 1 fully saturated rings. The van der Waals surface area contributed by atoms with Crippen molar-refractivity contribution in [1.29, 1.82) is 0 Å². The molecular formula is C18H28N2O3. The first-order valence-corrected chi connectivity index (χ1v) is 8.41. The number of carbonyl (C=O) groups excluding carboxylic acids is 1. The number of aryl methyl sites for hydroxylation is 1. The second kappa shape index (κ2) is 8.31. The van der Waals surface area contributed by atoms with Gasteiger partial charge in [-0.05, 0) is 23.5 Å². The van der Waals surface area contributed by atoms with E-state index in [-0.39, 0.29) is 24.8 Å². The van der Waals surface area contributed by atoms with Gasteiger partial charge in [-0.3, -0.25) is 0 Å². The Bertz CT molecular complexity index is 501. The number of hydrogen-bond donors (Lipinski definition) is 2. The van der Waals surface area contributed by atoms with Crippen molar-refractivity contribution in [3.05, 3.63) is 35.4 Å². The normalized spacial score (nSPS) is 19.7. The number of amides is 2. The number of morpholine rings is 1. The molecule has 128 valence electrons. The molecule has 0 aliphatic carbocycles. The molecule has 0 saturated carbocycles. The van der Waals surface area contributed by atoms with E-state index < -0.39 is 0 Å². The van der Waals surface area contributed by atoms with Gasteiger partial charge in [-0.1, -0.05) is 45.0 Å². The van der Waals surface area contributed by atoms with E-state index in [1.54, 1.807) is 4.90 Å². The smallest absolute Gasteiger partial charge is 0.318 e. The van der Waals surface area contributed by atoms with Gasteiger partial charge in [0.15, 0.2) is 0 Å². The number of nitrogens with zero attached hydrogens (tertiary/aromatic N) is 1. The summed E-state index contributed by atoms with van der Waals surface area (Å²) in [7, 11) is 0. The maximum atomic E-state index is 12.5. The third-order valence-corrected chi connectivity index (χ3v) is 4.32. The molecule has 1 heterocycles. The molecular weight excluding hydrogens is 292 g/mol. The van der Waals surface area contributed by atoms with E-state index in [9.17, 15) is 9.90 Å². The molecule has 0 aromatic heterocycles. The Morgan fingerprint density at radius 3 is 2.65 bits per heavy atom. The van der Waals surface area contributed by atoms with Crippen molar-refractivity contribution in [1.82, 2.24) is 10.2 Å². The minimum Gasteiger partial charge on any atom is -0.394 e. The van der Waals surface area contributed by atoms with Crippen LogP contribution in [0.4, 0.5) is 4.79 Å². The standard InChI is InChI=1S/C18H28N2O3/c1-4-14-5-7-15(8-6-14)17(13(2)3)19-18(22)20-9-10-23-16(11-20)12-21/h5-8,13,16-17,21H,4,9-12H2,1-3H3,(H,19,22)/t16-,17+/m0/s1. The lowest BCUT2D eigenvalue weighted by Crippen LogP contribution is -2.51. The summed E-state index contributed by atoms with van der Waals surface area (Å²) in [5.41, 5.74) is 2.42. The maximum absolute atomic E-state index is 12.5. The Balaban J connectivity index is 2.04. The fourth-order valence-electron chi connectivity index (χ4n) is 2.83. The third-order valence-electron chi connectivity index (χ3n) is 4.32. The average Bonchev–Trinajstić information content (AvgIpc) is 2.59. The van der Waals surface area contributed by atoms with Crippen LogP contribution in [0, 0.1) is 5.92 Å². The van der Waals surface area contributed by atoms with Crippen molar-refractivity contribution in [2.24, 2.45) is 5.92 Å². The second-order valence-corrected chi connectivity index (χ2v) is 6.39. The van der Waals surface area contributed by atoms with Gasteiger partial charge in [-0.15, -0.1) is 0 Å². The fraction of sp³-hybridized carbons (Fsp3) is 0.611. The Morgan fingerprint density at radius 1 is 1.39 bits per heavy atom. The van der Waals surface area contributed by atoms with Crippen molar-refractivity contribution in [2.75, 3.05) is 26.3 Å². The zero-order valence-electron chi connectivity index (χ0n) is 14.3. The van der Waals surface area contributed by atoms with Crippen LogP contribution >= 0.6 is 0 Å². The molecule has 0 radical (unpaired) electrons. The summed E-state index contributed by atoms with van der Waals surface area (Å²) in [6.07, 6.45) is 0.728. The summed E-state index contributed by atoms with van der Waals surface area (Å²) in [6, 6.07) is 8.31. The lowest BCUT2D eigenvalue weighted by molar-refractivity contribution is -0.0406. The lowest BCUT2D eigenvalue weighted by atomic mass is 9.95. The van der Waals surface area contributed by atoms with Gasteiger partial charge in [-0.25, -0.2) is 4.79 Å². The van der Waals surface area contributed by atoms with Crippen LogP contribution < -0.4 is 5.32 Å². The number of ether oxygens (including phenoxy) is 1. The van der Waals surface area contributed by atoms with E-state index in [0.29, 0.717) is 25.6 Å². The summed E-state index contributed by atoms with van der Waals surface area (Å²) in [6.45, 7) is 7.74. The second-order valence-electron chi connectivity index (χ2n) is 6.39. The largest absolute Gasteiger partial charge is 0.394 e. The lowest BCUT2D eigenvalue weighted by Gasteiger charge is -2.34. The molecule has 5 heteroatoms. The van der Waals surface area contributed by atoms with E-state index in [2.05, 4.69) is 50.4 Å². The third kappa shape index (κ3) is 4.69. The zero-order chi connectivity index (χ0) is 16.8. The molecule has 23 heavy (non-hydrogen) atoms. The number of aliphatic hydroxyl groups excluding tert-OH is 1. The van der Waals surface area contributed by atoms with Crippen LogP contribution in [0.1, 0.15) is 37.9 Å². The molecule has 1 aliphatic heterocycles. The highest BCUT2D eigenvalue weighted by Gasteiger charge is 2.26. The Morgan fingerprint density at radius 2 is 2.09 bits per heavy atom. The van der Waals surface area contributed by atoms with Crippen molar-refractivity contribution < 1.29 is 14.6 Å². The highest BCUT2D eigenvalue weighted by molar-refractivity contribution is 5.75. The van der Waals surface area contributed by atoms with Crippen molar-refractivity contribution in [2.45, 2.75) is 39.3 Å². The summed E-state index contributed by atoms with van der Waals surface area (Å²) < 4.78 is 5.40. The van der Waals surface area contributed by atoms with E-state index in [4.69, 9.17) is 4.74 Å². The van der Waals surface area contributed by atoms with E-state index in [0.717, 1.165) is 12.0 Å². The molecule has 2 rings (SSSR count). The van der Waals surface area contributed by atoms with Gasteiger partial charge >= 0.3 is 6.03 Å². The van der Waals surface area contributed by atoms with Gasteiger partial charge in [-0.2, -0.15) is 0 Å². The van der Waals surface area contributed by atoms with Gasteiger partial charge < -0.3 is 20.1 Å². The number of hydrogen-bond acceptors (Lipinski definition) is 3. The monoisotopic (exact) mass is 320 g/mol. The van der Waals surface area contributed by atoms with Crippen molar-refractivity contribution >= 4 is 6.03 Å². The molecule has 1 aromatic rings. The number of urea groups is 1. The maximum Gasteiger partial charge on any atom is 0.318 e. The first kappa shape index (κ1) is 17.8. The molecule has 1 saturated heterocycles. The summed E-state index contributed by atoms with van der Waals surface area (Å²) in [5, 5.41) is 12.3. The van der Waals surface area contributed by atoms with Gasteiger partial charge in [0.2, 0.25) is 0 Å². The van der Waals surface area contributed by atoms with Crippen molar-refractivity contribution in [3.8, 4) is 0 Å². The van der Waals surface area contributed by atoms with Gasteiger partial charge in [0, 0.05) is 6.54 Å². The van der Waals surface area contributed by atoms with Crippen LogP contribution in [0.3, 0.4) is 0 Å². The Labute approximate surface area is 138 Å². The molecule has 0 spiro atoms. The van der Waals surface area contributed by atoms with Crippen molar-refractivity contribution in [3.63, 3.8) is 0 Å². The molecule has 2 N–H and O–H groups in total. The van der Waals surface area contributed by atoms with E-state index in [1.165, 1.54) is 5.56 Å². The van der Waals surface area contributed by atoms with Crippen LogP contribution in [0.25, 0.3) is 0 Å². The summed E-state index contributed by atoms with van der Waals surface area (Å²) in [4.78, 5) is 14.3. The zero-order valence-corrected chi connectivity index (χ0v) is 14.3. The van der Waals surface area contributed by atoms with Gasteiger partial charge in [0.1, 0.15) is 0 Å². The van der Waals surface area contributed by atoms with Crippen LogP contribution in [0.15, 0.2) is 24.3 Å². The molecule has 1 aliphatic rings.